The van der Waals surface area contributed by atoms with Gasteiger partial charge >= 0.3 is 0 Å². The zero-order chi connectivity index (χ0) is 24.5. The summed E-state index contributed by atoms with van der Waals surface area (Å²) in [6.07, 6.45) is 5.51. The molecule has 1 unspecified atom stereocenters. The summed E-state index contributed by atoms with van der Waals surface area (Å²) in [5, 5.41) is 17.2. The molecule has 0 saturated heterocycles. The number of aromatic nitrogens is 4. The number of amides is 2. The highest BCUT2D eigenvalue weighted by atomic mass is 16.2. The molecular weight excluding hydrogens is 440 g/mol. The van der Waals surface area contributed by atoms with Crippen LogP contribution >= 0.6 is 0 Å². The van der Waals surface area contributed by atoms with Crippen LogP contribution in [-0.2, 0) is 11.8 Å². The molecular formula is C27H26N6O2. The maximum absolute atomic E-state index is 13.5. The smallest absolute Gasteiger partial charge is 0.270 e. The summed E-state index contributed by atoms with van der Waals surface area (Å²) in [5.41, 5.74) is 7.05. The first-order valence-electron chi connectivity index (χ1n) is 11.4. The first-order chi connectivity index (χ1) is 16.9. The van der Waals surface area contributed by atoms with E-state index in [-0.39, 0.29) is 17.7 Å². The molecule has 2 atom stereocenters. The van der Waals surface area contributed by atoms with E-state index in [4.69, 9.17) is 0 Å². The largest absolute Gasteiger partial charge is 0.338 e. The fourth-order valence-corrected chi connectivity index (χ4v) is 4.61. The maximum Gasteiger partial charge on any atom is 0.270 e. The molecule has 176 valence electrons. The Kier molecular flexibility index (Phi) is 5.78. The number of H-pyrrole nitrogens is 1. The molecule has 0 radical (unpaired) electrons. The van der Waals surface area contributed by atoms with E-state index in [0.29, 0.717) is 11.4 Å². The van der Waals surface area contributed by atoms with Gasteiger partial charge in [-0.05, 0) is 48.7 Å². The number of carbonyl (C=O) groups is 2. The fourth-order valence-electron chi connectivity index (χ4n) is 4.61. The van der Waals surface area contributed by atoms with E-state index in [1.165, 1.54) is 4.68 Å². The Labute approximate surface area is 203 Å². The van der Waals surface area contributed by atoms with Crippen molar-refractivity contribution < 1.29 is 9.59 Å². The van der Waals surface area contributed by atoms with Gasteiger partial charge in [0.1, 0.15) is 11.7 Å². The van der Waals surface area contributed by atoms with Gasteiger partial charge in [0.25, 0.3) is 5.91 Å². The first-order valence-corrected chi connectivity index (χ1v) is 11.4. The van der Waals surface area contributed by atoms with Crippen LogP contribution in [0.3, 0.4) is 0 Å². The summed E-state index contributed by atoms with van der Waals surface area (Å²) in [4.78, 5) is 26.5. The monoisotopic (exact) mass is 466 g/mol. The third kappa shape index (κ3) is 4.26. The van der Waals surface area contributed by atoms with Crippen molar-refractivity contribution in [3.63, 3.8) is 0 Å². The van der Waals surface area contributed by atoms with Crippen LogP contribution in [0.4, 0.5) is 5.69 Å². The van der Waals surface area contributed by atoms with Gasteiger partial charge in [-0.25, -0.2) is 0 Å². The van der Waals surface area contributed by atoms with Crippen molar-refractivity contribution in [2.24, 2.45) is 7.05 Å². The van der Waals surface area contributed by atoms with Gasteiger partial charge in [0.15, 0.2) is 0 Å². The maximum atomic E-state index is 13.5. The topological polar surface area (TPSA) is 105 Å². The summed E-state index contributed by atoms with van der Waals surface area (Å²) >= 11 is 0. The lowest BCUT2D eigenvalue weighted by Crippen LogP contribution is -2.47. The Morgan fingerprint density at radius 1 is 1.06 bits per heavy atom. The summed E-state index contributed by atoms with van der Waals surface area (Å²) in [5.74, 6) is -0.946. The van der Waals surface area contributed by atoms with Crippen molar-refractivity contribution in [3.8, 4) is 11.1 Å². The second kappa shape index (κ2) is 9.06. The third-order valence-corrected chi connectivity index (χ3v) is 6.39. The van der Waals surface area contributed by atoms with Crippen LogP contribution in [0.1, 0.15) is 38.9 Å². The van der Waals surface area contributed by atoms with Crippen molar-refractivity contribution in [1.29, 1.82) is 0 Å². The molecule has 1 aliphatic rings. The number of nitrogens with one attached hydrogen (secondary N) is 3. The van der Waals surface area contributed by atoms with Gasteiger partial charge in [-0.2, -0.15) is 10.2 Å². The minimum atomic E-state index is -0.810. The molecule has 2 aromatic heterocycles. The van der Waals surface area contributed by atoms with E-state index in [1.807, 2.05) is 74.5 Å². The van der Waals surface area contributed by atoms with Crippen molar-refractivity contribution >= 4 is 23.6 Å². The van der Waals surface area contributed by atoms with Gasteiger partial charge in [-0.3, -0.25) is 19.4 Å². The molecule has 3 N–H and O–H groups in total. The average Bonchev–Trinajstić information content (AvgIpc) is 3.56. The highest BCUT2D eigenvalue weighted by Gasteiger charge is 2.33. The Balaban J connectivity index is 1.40. The second-order valence-corrected chi connectivity index (χ2v) is 8.68. The fraction of sp³-hybridized carbons (Fsp3) is 0.185. The zero-order valence-corrected chi connectivity index (χ0v) is 19.7. The van der Waals surface area contributed by atoms with Crippen LogP contribution in [0.15, 0.2) is 66.9 Å². The molecule has 8 nitrogen and oxygen atoms in total. The van der Waals surface area contributed by atoms with Crippen molar-refractivity contribution in [2.45, 2.75) is 25.8 Å². The molecule has 35 heavy (non-hydrogen) atoms. The predicted octanol–water partition coefficient (Wildman–Crippen LogP) is 3.97. The van der Waals surface area contributed by atoms with E-state index in [2.05, 4.69) is 25.9 Å². The Morgan fingerprint density at radius 3 is 2.51 bits per heavy atom. The summed E-state index contributed by atoms with van der Waals surface area (Å²) < 4.78 is 1.49. The van der Waals surface area contributed by atoms with Gasteiger partial charge in [0.2, 0.25) is 5.91 Å². The molecule has 2 aromatic carbocycles. The van der Waals surface area contributed by atoms with Crippen LogP contribution in [0, 0.1) is 13.8 Å². The Bertz CT molecular complexity index is 1410. The number of anilines is 1. The highest BCUT2D eigenvalue weighted by Crippen LogP contribution is 2.33. The SMILES string of the molecule is Cc1n[nH]c(C)c1-c1ccc(NC(=O)C(NC(=O)c2ccnn2C)[C@H]2C=Cc3ccccc32)cc1. The average molecular weight is 467 g/mol. The lowest BCUT2D eigenvalue weighted by Gasteiger charge is -2.24. The number of hydrogen-bond acceptors (Lipinski definition) is 4. The van der Waals surface area contributed by atoms with Crippen LogP contribution in [0.25, 0.3) is 17.2 Å². The number of rotatable bonds is 6. The summed E-state index contributed by atoms with van der Waals surface area (Å²) in [6, 6.07) is 16.3. The first kappa shape index (κ1) is 22.3. The van der Waals surface area contributed by atoms with Crippen molar-refractivity contribution in [3.05, 3.63) is 95.1 Å². The molecule has 0 bridgehead atoms. The van der Waals surface area contributed by atoms with Crippen LogP contribution in [0.5, 0.6) is 0 Å². The number of carbonyl (C=O) groups excluding carboxylic acids is 2. The quantitative estimate of drug-likeness (QED) is 0.400. The lowest BCUT2D eigenvalue weighted by atomic mass is 9.92. The molecule has 0 saturated carbocycles. The highest BCUT2D eigenvalue weighted by molar-refractivity contribution is 6.01. The van der Waals surface area contributed by atoms with E-state index in [0.717, 1.165) is 33.6 Å². The zero-order valence-electron chi connectivity index (χ0n) is 19.7. The lowest BCUT2D eigenvalue weighted by molar-refractivity contribution is -0.118. The number of aryl methyl sites for hydroxylation is 3. The molecule has 4 aromatic rings. The van der Waals surface area contributed by atoms with Gasteiger partial charge in [0, 0.05) is 36.1 Å². The second-order valence-electron chi connectivity index (χ2n) is 8.68. The van der Waals surface area contributed by atoms with Crippen LogP contribution in [-0.4, -0.2) is 37.8 Å². The Hall–Kier alpha value is -4.46. The minimum absolute atomic E-state index is 0.293. The summed E-state index contributed by atoms with van der Waals surface area (Å²) in [7, 11) is 1.69. The molecule has 0 fully saturated rings. The Morgan fingerprint density at radius 2 is 1.83 bits per heavy atom. The van der Waals surface area contributed by atoms with Gasteiger partial charge in [-0.1, -0.05) is 48.6 Å². The van der Waals surface area contributed by atoms with Crippen molar-refractivity contribution in [2.75, 3.05) is 5.32 Å². The van der Waals surface area contributed by atoms with Gasteiger partial charge in [0.05, 0.1) is 5.69 Å². The van der Waals surface area contributed by atoms with E-state index < -0.39 is 6.04 Å². The van der Waals surface area contributed by atoms with E-state index >= 15 is 0 Å². The number of aromatic amines is 1. The third-order valence-electron chi connectivity index (χ3n) is 6.39. The van der Waals surface area contributed by atoms with Crippen LogP contribution in [0.2, 0.25) is 0 Å². The molecule has 0 spiro atoms. The molecule has 2 heterocycles. The molecule has 5 rings (SSSR count). The number of hydrogen-bond donors (Lipinski definition) is 3. The van der Waals surface area contributed by atoms with Gasteiger partial charge in [-0.15, -0.1) is 0 Å². The van der Waals surface area contributed by atoms with Crippen LogP contribution < -0.4 is 10.6 Å². The van der Waals surface area contributed by atoms with E-state index in [9.17, 15) is 9.59 Å². The minimum Gasteiger partial charge on any atom is -0.338 e. The van der Waals surface area contributed by atoms with Gasteiger partial charge < -0.3 is 10.6 Å². The summed E-state index contributed by atoms with van der Waals surface area (Å²) in [6.45, 7) is 3.94. The van der Waals surface area contributed by atoms with E-state index in [1.54, 1.807) is 19.3 Å². The predicted molar refractivity (Wildman–Crippen MR) is 135 cm³/mol. The molecule has 2 amide bonds. The number of fused-ring (bicyclic) bond motifs is 1. The normalized spacial score (nSPS) is 15.0. The van der Waals surface area contributed by atoms with Crippen molar-refractivity contribution in [1.82, 2.24) is 25.3 Å². The number of nitrogens with zero attached hydrogens (tertiary/aromatic N) is 3. The number of benzene rings is 2. The standard InChI is InChI=1S/C27H26N6O2/c1-16-24(17(2)32-31-16)19-8-11-20(12-9-19)29-27(35)25(30-26(34)23-14-15-28-33(23)3)22-13-10-18-6-4-5-7-21(18)22/h4-15,22,25H,1-3H3,(H,29,35)(H,30,34)(H,31,32)/t22-,25?/m0/s1. The molecule has 1 aliphatic carbocycles. The molecule has 0 aliphatic heterocycles. The molecule has 8 heteroatoms.